The predicted molar refractivity (Wildman–Crippen MR) is 152 cm³/mol. The first-order valence-corrected chi connectivity index (χ1v) is 14.5. The largest absolute Gasteiger partial charge is 0.480 e. The van der Waals surface area contributed by atoms with Crippen LogP contribution in [0.3, 0.4) is 0 Å². The highest BCUT2D eigenvalue weighted by Crippen LogP contribution is 2.49. The van der Waals surface area contributed by atoms with Gasteiger partial charge in [-0.05, 0) is 37.0 Å². The molecule has 2 aromatic heterocycles. The van der Waals surface area contributed by atoms with E-state index in [0.29, 0.717) is 73.9 Å². The van der Waals surface area contributed by atoms with E-state index in [1.165, 1.54) is 10.8 Å². The summed E-state index contributed by atoms with van der Waals surface area (Å²) in [5.41, 5.74) is 0.886. The van der Waals surface area contributed by atoms with Crippen molar-refractivity contribution in [2.45, 2.75) is 37.1 Å². The number of nitrogens with one attached hydrogen (secondary N) is 2. The van der Waals surface area contributed by atoms with Gasteiger partial charge in [0.25, 0.3) is 11.5 Å². The lowest BCUT2D eigenvalue weighted by molar-refractivity contribution is -0.0579. The second kappa shape index (κ2) is 9.87. The SMILES string of the molecule is Cn1c(=O)c2c(c3cc(Nc4nc(N5CCN(CC6CC6(F)F)CC5)ncc4Cl)ccc31)N[C@@H](C1CC1)C(F)(F)CO2. The first kappa shape index (κ1) is 27.5. The zero-order valence-corrected chi connectivity index (χ0v) is 23.6. The van der Waals surface area contributed by atoms with E-state index in [4.69, 9.17) is 16.3 Å². The van der Waals surface area contributed by atoms with E-state index in [0.717, 1.165) is 0 Å². The monoisotopic (exact) mass is 607 g/mol. The molecule has 3 fully saturated rings. The lowest BCUT2D eigenvalue weighted by Crippen LogP contribution is -2.47. The number of hydrogen-bond donors (Lipinski definition) is 2. The number of rotatable bonds is 6. The Morgan fingerprint density at radius 1 is 1.14 bits per heavy atom. The summed E-state index contributed by atoms with van der Waals surface area (Å²) in [6, 6.07) is 4.10. The molecule has 2 saturated carbocycles. The molecule has 2 N–H and O–H groups in total. The smallest absolute Gasteiger partial charge is 0.301 e. The summed E-state index contributed by atoms with van der Waals surface area (Å²) < 4.78 is 63.4. The molecule has 1 unspecified atom stereocenters. The fourth-order valence-corrected chi connectivity index (χ4v) is 6.07. The van der Waals surface area contributed by atoms with Crippen molar-refractivity contribution >= 4 is 45.6 Å². The van der Waals surface area contributed by atoms with Crippen molar-refractivity contribution in [3.8, 4) is 5.75 Å². The molecule has 1 aromatic carbocycles. The maximum absolute atomic E-state index is 15.0. The number of halogens is 5. The van der Waals surface area contributed by atoms with Crippen LogP contribution >= 0.6 is 11.6 Å². The summed E-state index contributed by atoms with van der Waals surface area (Å²) in [5, 5.41) is 7.01. The van der Waals surface area contributed by atoms with Crippen LogP contribution in [-0.4, -0.2) is 76.7 Å². The van der Waals surface area contributed by atoms with Gasteiger partial charge < -0.3 is 24.8 Å². The number of fused-ring (bicyclic) bond motifs is 3. The topological polar surface area (TPSA) is 87.6 Å². The normalized spacial score (nSPS) is 24.9. The second-order valence-electron chi connectivity index (χ2n) is 11.8. The standard InChI is InChI=1S/C28H30ClF4N7O2/c1-38-20-5-4-17(10-18(20)21-22(25(38)41)42-14-28(32,33)23(36-21)15-2-3-15)35-24-19(29)12-34-26(37-24)40-8-6-39(7-9-40)13-16-11-27(16,30)31/h4-5,10,12,15-16,23,36H,2-3,6-9,11,13-14H2,1H3,(H,34,35,37)/t16?,23-/m0/s1. The molecular weight excluding hydrogens is 578 g/mol. The van der Waals surface area contributed by atoms with Gasteiger partial charge in [-0.25, -0.2) is 22.5 Å². The van der Waals surface area contributed by atoms with E-state index < -0.39 is 36.0 Å². The highest BCUT2D eigenvalue weighted by Gasteiger charge is 2.57. The number of alkyl halides is 4. The van der Waals surface area contributed by atoms with Gasteiger partial charge >= 0.3 is 5.92 Å². The Balaban J connectivity index is 1.15. The van der Waals surface area contributed by atoms with Crippen LogP contribution in [0.25, 0.3) is 10.9 Å². The molecule has 0 spiro atoms. The fourth-order valence-electron chi connectivity index (χ4n) is 5.93. The van der Waals surface area contributed by atoms with Crippen LogP contribution in [0.2, 0.25) is 5.02 Å². The van der Waals surface area contributed by atoms with Crippen molar-refractivity contribution < 1.29 is 22.3 Å². The van der Waals surface area contributed by atoms with Crippen molar-refractivity contribution in [2.24, 2.45) is 18.9 Å². The van der Waals surface area contributed by atoms with Crippen LogP contribution < -0.4 is 25.8 Å². The second-order valence-corrected chi connectivity index (χ2v) is 12.2. The van der Waals surface area contributed by atoms with Gasteiger partial charge in [0.05, 0.1) is 23.4 Å². The molecule has 1 saturated heterocycles. The van der Waals surface area contributed by atoms with Gasteiger partial charge in [0, 0.05) is 63.2 Å². The molecule has 0 amide bonds. The van der Waals surface area contributed by atoms with E-state index >= 15 is 0 Å². The van der Waals surface area contributed by atoms with E-state index in [1.807, 2.05) is 9.80 Å². The third-order valence-corrected chi connectivity index (χ3v) is 8.97. The van der Waals surface area contributed by atoms with Gasteiger partial charge in [-0.3, -0.25) is 9.69 Å². The van der Waals surface area contributed by atoms with Gasteiger partial charge in [0.15, 0.2) is 12.4 Å². The third kappa shape index (κ3) is 5.00. The van der Waals surface area contributed by atoms with Gasteiger partial charge in [0.2, 0.25) is 11.7 Å². The van der Waals surface area contributed by atoms with E-state index in [2.05, 4.69) is 20.6 Å². The molecule has 0 radical (unpaired) electrons. The number of pyridine rings is 1. The number of aromatic nitrogens is 3. The first-order chi connectivity index (χ1) is 20.0. The summed E-state index contributed by atoms with van der Waals surface area (Å²) in [5.74, 6) is -5.72. The molecule has 224 valence electrons. The molecule has 4 aliphatic rings. The molecule has 2 aliphatic heterocycles. The van der Waals surface area contributed by atoms with Crippen molar-refractivity contribution in [3.63, 3.8) is 0 Å². The van der Waals surface area contributed by atoms with Crippen LogP contribution in [0, 0.1) is 11.8 Å². The van der Waals surface area contributed by atoms with Gasteiger partial charge in [0.1, 0.15) is 5.02 Å². The molecule has 42 heavy (non-hydrogen) atoms. The summed E-state index contributed by atoms with van der Waals surface area (Å²) in [6.45, 7) is 1.97. The van der Waals surface area contributed by atoms with Crippen LogP contribution in [0.4, 0.5) is 40.7 Å². The third-order valence-electron chi connectivity index (χ3n) is 8.69. The number of aryl methyl sites for hydroxylation is 1. The quantitative estimate of drug-likeness (QED) is 0.390. The average Bonchev–Trinajstić information content (AvgIpc) is 3.88. The van der Waals surface area contributed by atoms with E-state index in [-0.39, 0.29) is 28.8 Å². The number of ether oxygens (including phenoxy) is 1. The van der Waals surface area contributed by atoms with Crippen LogP contribution in [0.5, 0.6) is 5.75 Å². The summed E-state index contributed by atoms with van der Waals surface area (Å²) in [4.78, 5) is 26.1. The minimum Gasteiger partial charge on any atom is -0.480 e. The Morgan fingerprint density at radius 2 is 1.88 bits per heavy atom. The Kier molecular flexibility index (Phi) is 6.46. The fraction of sp³-hybridized carbons (Fsp3) is 0.536. The maximum atomic E-state index is 15.0. The Hall–Kier alpha value is -3.32. The Bertz CT molecular complexity index is 1610. The minimum atomic E-state index is -3.13. The van der Waals surface area contributed by atoms with Crippen molar-refractivity contribution in [3.05, 3.63) is 39.8 Å². The van der Waals surface area contributed by atoms with E-state index in [9.17, 15) is 22.4 Å². The van der Waals surface area contributed by atoms with E-state index in [1.54, 1.807) is 25.2 Å². The minimum absolute atomic E-state index is 0.0346. The van der Waals surface area contributed by atoms with Crippen molar-refractivity contribution in [2.75, 3.05) is 54.9 Å². The molecule has 3 aromatic rings. The lowest BCUT2D eigenvalue weighted by atomic mass is 10.0. The molecule has 14 heteroatoms. The van der Waals surface area contributed by atoms with Crippen LogP contribution in [0.1, 0.15) is 19.3 Å². The van der Waals surface area contributed by atoms with Crippen molar-refractivity contribution in [1.82, 2.24) is 19.4 Å². The zero-order valence-electron chi connectivity index (χ0n) is 22.8. The van der Waals surface area contributed by atoms with Crippen LogP contribution in [0.15, 0.2) is 29.2 Å². The number of benzene rings is 1. The molecule has 2 aliphatic carbocycles. The maximum Gasteiger partial charge on any atom is 0.301 e. The zero-order chi connectivity index (χ0) is 29.4. The van der Waals surface area contributed by atoms with Gasteiger partial charge in [-0.1, -0.05) is 11.6 Å². The molecular formula is C28H30ClF4N7O2. The molecule has 0 bridgehead atoms. The number of piperazine rings is 1. The van der Waals surface area contributed by atoms with Gasteiger partial charge in [-0.2, -0.15) is 4.98 Å². The Labute approximate surface area is 243 Å². The number of hydrogen-bond acceptors (Lipinski definition) is 8. The number of nitrogens with zero attached hydrogens (tertiary/aromatic N) is 5. The molecule has 4 heterocycles. The van der Waals surface area contributed by atoms with Crippen molar-refractivity contribution in [1.29, 1.82) is 0 Å². The molecule has 2 atom stereocenters. The average molecular weight is 608 g/mol. The summed E-state index contributed by atoms with van der Waals surface area (Å²) in [6.07, 6.45) is 2.85. The highest BCUT2D eigenvalue weighted by molar-refractivity contribution is 6.33. The first-order valence-electron chi connectivity index (χ1n) is 14.1. The predicted octanol–water partition coefficient (Wildman–Crippen LogP) is 4.72. The summed E-state index contributed by atoms with van der Waals surface area (Å²) >= 11 is 6.45. The molecule has 7 rings (SSSR count). The van der Waals surface area contributed by atoms with Gasteiger partial charge in [-0.15, -0.1) is 0 Å². The van der Waals surface area contributed by atoms with Crippen LogP contribution in [-0.2, 0) is 7.05 Å². The molecule has 9 nitrogen and oxygen atoms in total. The number of anilines is 4. The highest BCUT2D eigenvalue weighted by atomic mass is 35.5. The lowest BCUT2D eigenvalue weighted by Gasteiger charge is -2.34. The summed E-state index contributed by atoms with van der Waals surface area (Å²) in [7, 11) is 1.58. The Morgan fingerprint density at radius 3 is 2.57 bits per heavy atom.